The van der Waals surface area contributed by atoms with Crippen LogP contribution in [0, 0.1) is 0 Å². The number of amides is 1. The minimum Gasteiger partial charge on any atom is -0.492 e. The molecule has 0 saturated carbocycles. The Bertz CT molecular complexity index is 775. The van der Waals surface area contributed by atoms with Crippen LogP contribution in [-0.2, 0) is 4.79 Å². The van der Waals surface area contributed by atoms with Crippen molar-refractivity contribution in [3.05, 3.63) is 59.3 Å². The van der Waals surface area contributed by atoms with Crippen molar-refractivity contribution in [3.8, 4) is 5.75 Å². The number of rotatable bonds is 4. The molecule has 0 aliphatic carbocycles. The molecule has 1 amide bonds. The fourth-order valence-electron chi connectivity index (χ4n) is 2.19. The first-order valence-electron chi connectivity index (χ1n) is 7.11. The van der Waals surface area contributed by atoms with Gasteiger partial charge in [0.25, 0.3) is 5.91 Å². The Kier molecular flexibility index (Phi) is 4.73. The van der Waals surface area contributed by atoms with E-state index in [-0.39, 0.29) is 5.91 Å². The van der Waals surface area contributed by atoms with Crippen molar-refractivity contribution >= 4 is 46.0 Å². The second-order valence-corrected chi connectivity index (χ2v) is 6.35. The zero-order valence-corrected chi connectivity index (χ0v) is 14.1. The number of benzene rings is 1. The van der Waals surface area contributed by atoms with Crippen LogP contribution in [0.5, 0.6) is 5.75 Å². The molecule has 6 heteroatoms. The monoisotopic (exact) mass is 342 g/mol. The molecule has 1 aromatic carbocycles. The molecule has 2 heterocycles. The van der Waals surface area contributed by atoms with Crippen molar-refractivity contribution in [2.75, 3.05) is 11.5 Å². The van der Waals surface area contributed by atoms with Gasteiger partial charge in [-0.2, -0.15) is 0 Å². The molecule has 1 aromatic heterocycles. The zero-order valence-electron chi connectivity index (χ0n) is 12.4. The van der Waals surface area contributed by atoms with E-state index in [0.717, 1.165) is 5.69 Å². The standard InChI is InChI=1S/C17H14N2O2S2/c1-2-21-14-9-4-3-8-13(14)19-16(20)15(23-17(19)22)11-12-7-5-6-10-18-12/h3-11H,2H2,1H3/b15-11-. The minimum absolute atomic E-state index is 0.155. The topological polar surface area (TPSA) is 42.4 Å². The fraction of sp³-hybridized carbons (Fsp3) is 0.118. The van der Waals surface area contributed by atoms with E-state index in [1.807, 2.05) is 49.4 Å². The molecule has 4 nitrogen and oxygen atoms in total. The number of thioether (sulfide) groups is 1. The van der Waals surface area contributed by atoms with Crippen molar-refractivity contribution in [1.29, 1.82) is 0 Å². The molecule has 0 spiro atoms. The lowest BCUT2D eigenvalue weighted by atomic mass is 10.2. The van der Waals surface area contributed by atoms with E-state index < -0.39 is 0 Å². The summed E-state index contributed by atoms with van der Waals surface area (Å²) < 4.78 is 6.10. The van der Waals surface area contributed by atoms with Gasteiger partial charge in [-0.25, -0.2) is 0 Å². The van der Waals surface area contributed by atoms with Crippen molar-refractivity contribution in [3.63, 3.8) is 0 Å². The van der Waals surface area contributed by atoms with Crippen LogP contribution in [0.3, 0.4) is 0 Å². The third-order valence-electron chi connectivity index (χ3n) is 3.17. The Morgan fingerprint density at radius 3 is 2.78 bits per heavy atom. The Morgan fingerprint density at radius 2 is 2.04 bits per heavy atom. The molecule has 0 radical (unpaired) electrons. The van der Waals surface area contributed by atoms with Gasteiger partial charge < -0.3 is 4.74 Å². The van der Waals surface area contributed by atoms with Crippen molar-refractivity contribution in [2.45, 2.75) is 6.92 Å². The van der Waals surface area contributed by atoms with Gasteiger partial charge in [0.2, 0.25) is 0 Å². The van der Waals surface area contributed by atoms with Gasteiger partial charge >= 0.3 is 0 Å². The maximum Gasteiger partial charge on any atom is 0.270 e. The summed E-state index contributed by atoms with van der Waals surface area (Å²) in [7, 11) is 0. The SMILES string of the molecule is CCOc1ccccc1N1C(=O)/C(=C/c2ccccn2)SC1=S. The summed E-state index contributed by atoms with van der Waals surface area (Å²) in [5.74, 6) is 0.489. The molecular formula is C17H14N2O2S2. The van der Waals surface area contributed by atoms with Crippen LogP contribution in [0.1, 0.15) is 12.6 Å². The van der Waals surface area contributed by atoms with E-state index in [0.29, 0.717) is 27.3 Å². The zero-order chi connectivity index (χ0) is 16.2. The van der Waals surface area contributed by atoms with Gasteiger partial charge in [-0.05, 0) is 37.3 Å². The Labute approximate surface area is 144 Å². The summed E-state index contributed by atoms with van der Waals surface area (Å²) >= 11 is 6.66. The molecule has 116 valence electrons. The van der Waals surface area contributed by atoms with Gasteiger partial charge in [-0.3, -0.25) is 14.7 Å². The van der Waals surface area contributed by atoms with E-state index in [1.54, 1.807) is 12.3 Å². The number of carbonyl (C=O) groups excluding carboxylic acids is 1. The number of para-hydroxylation sites is 2. The first-order valence-corrected chi connectivity index (χ1v) is 8.34. The summed E-state index contributed by atoms with van der Waals surface area (Å²) in [6, 6.07) is 13.0. The highest BCUT2D eigenvalue weighted by Crippen LogP contribution is 2.39. The van der Waals surface area contributed by atoms with Crippen LogP contribution in [0.25, 0.3) is 6.08 Å². The van der Waals surface area contributed by atoms with Crippen LogP contribution in [0.2, 0.25) is 0 Å². The molecule has 1 aliphatic heterocycles. The lowest BCUT2D eigenvalue weighted by Crippen LogP contribution is -2.28. The molecule has 1 fully saturated rings. The third-order valence-corrected chi connectivity index (χ3v) is 4.47. The Hall–Kier alpha value is -2.18. The molecule has 1 aliphatic rings. The number of aromatic nitrogens is 1. The van der Waals surface area contributed by atoms with Crippen molar-refractivity contribution in [2.24, 2.45) is 0 Å². The van der Waals surface area contributed by atoms with Gasteiger partial charge in [0, 0.05) is 6.20 Å². The normalized spacial score (nSPS) is 16.2. The van der Waals surface area contributed by atoms with Crippen molar-refractivity contribution in [1.82, 2.24) is 4.98 Å². The average Bonchev–Trinajstić information content (AvgIpc) is 2.83. The van der Waals surface area contributed by atoms with Crippen LogP contribution < -0.4 is 9.64 Å². The molecule has 0 N–H and O–H groups in total. The Balaban J connectivity index is 1.95. The van der Waals surface area contributed by atoms with Crippen LogP contribution in [0.4, 0.5) is 5.69 Å². The number of thiocarbonyl (C=S) groups is 1. The van der Waals surface area contributed by atoms with Crippen LogP contribution in [0.15, 0.2) is 53.6 Å². The summed E-state index contributed by atoms with van der Waals surface area (Å²) in [5, 5.41) is 0. The molecule has 2 aromatic rings. The van der Waals surface area contributed by atoms with Gasteiger partial charge in [-0.1, -0.05) is 42.2 Å². The molecule has 1 saturated heterocycles. The van der Waals surface area contributed by atoms with E-state index in [2.05, 4.69) is 4.98 Å². The summed E-state index contributed by atoms with van der Waals surface area (Å²) in [6.07, 6.45) is 3.44. The number of hydrogen-bond donors (Lipinski definition) is 0. The minimum atomic E-state index is -0.155. The summed E-state index contributed by atoms with van der Waals surface area (Å²) in [5.41, 5.74) is 1.40. The Morgan fingerprint density at radius 1 is 1.26 bits per heavy atom. The lowest BCUT2D eigenvalue weighted by molar-refractivity contribution is -0.113. The predicted molar refractivity (Wildman–Crippen MR) is 97.5 cm³/mol. The van der Waals surface area contributed by atoms with E-state index in [9.17, 15) is 4.79 Å². The lowest BCUT2D eigenvalue weighted by Gasteiger charge is -2.18. The van der Waals surface area contributed by atoms with E-state index in [1.165, 1.54) is 16.7 Å². The second kappa shape index (κ2) is 6.93. The summed E-state index contributed by atoms with van der Waals surface area (Å²) in [4.78, 5) is 19.0. The first kappa shape index (κ1) is 15.7. The van der Waals surface area contributed by atoms with Crippen LogP contribution in [-0.4, -0.2) is 21.8 Å². The van der Waals surface area contributed by atoms with Gasteiger partial charge in [-0.15, -0.1) is 0 Å². The highest BCUT2D eigenvalue weighted by molar-refractivity contribution is 8.27. The molecule has 0 unspecified atom stereocenters. The maximum absolute atomic E-state index is 12.7. The first-order chi connectivity index (χ1) is 11.2. The highest BCUT2D eigenvalue weighted by atomic mass is 32.2. The number of nitrogens with zero attached hydrogens (tertiary/aromatic N) is 2. The highest BCUT2D eigenvalue weighted by Gasteiger charge is 2.34. The summed E-state index contributed by atoms with van der Waals surface area (Å²) in [6.45, 7) is 2.43. The van der Waals surface area contributed by atoms with E-state index >= 15 is 0 Å². The quantitative estimate of drug-likeness (QED) is 0.623. The van der Waals surface area contributed by atoms with Gasteiger partial charge in [0.1, 0.15) is 5.75 Å². The second-order valence-electron chi connectivity index (χ2n) is 4.67. The number of ether oxygens (including phenoxy) is 1. The molecule has 0 atom stereocenters. The van der Waals surface area contributed by atoms with Crippen molar-refractivity contribution < 1.29 is 9.53 Å². The number of hydrogen-bond acceptors (Lipinski definition) is 5. The average molecular weight is 342 g/mol. The predicted octanol–water partition coefficient (Wildman–Crippen LogP) is 3.89. The largest absolute Gasteiger partial charge is 0.492 e. The smallest absolute Gasteiger partial charge is 0.270 e. The van der Waals surface area contributed by atoms with Gasteiger partial charge in [0.05, 0.1) is 22.9 Å². The third kappa shape index (κ3) is 3.28. The fourth-order valence-corrected chi connectivity index (χ4v) is 3.46. The molecular weight excluding hydrogens is 328 g/mol. The van der Waals surface area contributed by atoms with E-state index in [4.69, 9.17) is 17.0 Å². The molecule has 0 bridgehead atoms. The van der Waals surface area contributed by atoms with Crippen LogP contribution >= 0.6 is 24.0 Å². The van der Waals surface area contributed by atoms with Gasteiger partial charge in [0.15, 0.2) is 4.32 Å². The molecule has 23 heavy (non-hydrogen) atoms. The number of pyridine rings is 1. The maximum atomic E-state index is 12.7. The molecule has 3 rings (SSSR count). The number of carbonyl (C=O) groups is 1. The number of anilines is 1.